The van der Waals surface area contributed by atoms with Gasteiger partial charge in [0.25, 0.3) is 0 Å². The molecule has 0 radical (unpaired) electrons. The van der Waals surface area contributed by atoms with Crippen molar-refractivity contribution in [1.82, 2.24) is 15.0 Å². The Kier molecular flexibility index (Phi) is 7.08. The summed E-state index contributed by atoms with van der Waals surface area (Å²) in [7, 11) is 1.49. The van der Waals surface area contributed by atoms with Gasteiger partial charge in [0.2, 0.25) is 17.8 Å². The molecule has 31 heavy (non-hydrogen) atoms. The molecule has 4 rings (SSSR count). The minimum absolute atomic E-state index is 0.0227. The first-order valence-electron chi connectivity index (χ1n) is 9.94. The van der Waals surface area contributed by atoms with E-state index in [-0.39, 0.29) is 5.75 Å². The maximum absolute atomic E-state index is 10.4. The van der Waals surface area contributed by atoms with Crippen LogP contribution in [0.3, 0.4) is 0 Å². The SMILES string of the molecule is COc1cc(Br)c(Br)c(/C=N/Nc2nc(N3CCCC3)nc(N3CCOCC3)n2)c1O. The number of ether oxygens (including phenoxy) is 2. The maximum atomic E-state index is 10.4. The van der Waals surface area contributed by atoms with Gasteiger partial charge in [0, 0.05) is 35.1 Å². The van der Waals surface area contributed by atoms with Crippen LogP contribution in [0.25, 0.3) is 0 Å². The molecule has 1 aromatic carbocycles. The number of nitrogens with one attached hydrogen (secondary N) is 1. The second-order valence-corrected chi connectivity index (χ2v) is 8.71. The van der Waals surface area contributed by atoms with Crippen LogP contribution in [0.4, 0.5) is 17.8 Å². The van der Waals surface area contributed by atoms with Crippen LogP contribution in [0, 0.1) is 0 Å². The van der Waals surface area contributed by atoms with E-state index >= 15 is 0 Å². The van der Waals surface area contributed by atoms with E-state index in [2.05, 4.69) is 67.1 Å². The topological polar surface area (TPSA) is 108 Å². The smallest absolute Gasteiger partial charge is 0.250 e. The highest BCUT2D eigenvalue weighted by atomic mass is 79.9. The van der Waals surface area contributed by atoms with Crippen LogP contribution in [0.5, 0.6) is 11.5 Å². The largest absolute Gasteiger partial charge is 0.504 e. The fourth-order valence-corrected chi connectivity index (χ4v) is 4.23. The summed E-state index contributed by atoms with van der Waals surface area (Å²) in [5.74, 6) is 1.89. The Morgan fingerprint density at radius 3 is 2.39 bits per heavy atom. The third-order valence-corrected chi connectivity index (χ3v) is 7.08. The first-order chi connectivity index (χ1) is 15.1. The first kappa shape index (κ1) is 22.0. The molecule has 0 saturated carbocycles. The number of methoxy groups -OCH3 is 1. The zero-order chi connectivity index (χ0) is 21.8. The normalized spacial score (nSPS) is 16.9. The van der Waals surface area contributed by atoms with Gasteiger partial charge < -0.3 is 24.4 Å². The lowest BCUT2D eigenvalue weighted by atomic mass is 10.2. The number of hydrazone groups is 1. The molecular formula is C19H23Br2N7O3. The van der Waals surface area contributed by atoms with E-state index in [1.54, 1.807) is 6.07 Å². The number of rotatable bonds is 6. The van der Waals surface area contributed by atoms with E-state index in [0.717, 1.165) is 43.5 Å². The number of phenolic OH excluding ortho intramolecular Hbond substituents is 1. The molecule has 3 heterocycles. The van der Waals surface area contributed by atoms with Crippen LogP contribution in [-0.4, -0.2) is 72.8 Å². The van der Waals surface area contributed by atoms with E-state index in [0.29, 0.717) is 46.8 Å². The molecule has 1 aromatic heterocycles. The van der Waals surface area contributed by atoms with Gasteiger partial charge in [-0.05, 0) is 50.8 Å². The monoisotopic (exact) mass is 555 g/mol. The summed E-state index contributed by atoms with van der Waals surface area (Å²) >= 11 is 6.89. The molecular weight excluding hydrogens is 534 g/mol. The van der Waals surface area contributed by atoms with Crippen molar-refractivity contribution >= 4 is 55.9 Å². The Bertz CT molecular complexity index is 964. The maximum Gasteiger partial charge on any atom is 0.250 e. The van der Waals surface area contributed by atoms with Crippen LogP contribution in [0.1, 0.15) is 18.4 Å². The third-order valence-electron chi connectivity index (χ3n) is 5.07. The molecule has 166 valence electrons. The summed E-state index contributed by atoms with van der Waals surface area (Å²) in [6, 6.07) is 1.67. The average molecular weight is 557 g/mol. The second-order valence-electron chi connectivity index (χ2n) is 7.06. The van der Waals surface area contributed by atoms with Crippen molar-refractivity contribution in [1.29, 1.82) is 0 Å². The molecule has 0 spiro atoms. The molecule has 2 N–H and O–H groups in total. The van der Waals surface area contributed by atoms with Gasteiger partial charge in [0.1, 0.15) is 0 Å². The summed E-state index contributed by atoms with van der Waals surface area (Å²) in [6.45, 7) is 4.59. The molecule has 0 bridgehead atoms. The van der Waals surface area contributed by atoms with Crippen molar-refractivity contribution in [2.45, 2.75) is 12.8 Å². The van der Waals surface area contributed by atoms with E-state index in [1.165, 1.54) is 13.3 Å². The fraction of sp³-hybridized carbons (Fsp3) is 0.474. The number of anilines is 3. The molecule has 10 nitrogen and oxygen atoms in total. The number of phenols is 1. The minimum Gasteiger partial charge on any atom is -0.504 e. The summed E-state index contributed by atoms with van der Waals surface area (Å²) in [5, 5.41) is 14.7. The molecule has 2 aliphatic rings. The highest BCUT2D eigenvalue weighted by Gasteiger charge is 2.21. The van der Waals surface area contributed by atoms with Gasteiger partial charge in [0.05, 0.1) is 32.1 Å². The average Bonchev–Trinajstić information content (AvgIpc) is 3.34. The predicted molar refractivity (Wildman–Crippen MR) is 126 cm³/mol. The van der Waals surface area contributed by atoms with Gasteiger partial charge in [-0.25, -0.2) is 5.43 Å². The zero-order valence-electron chi connectivity index (χ0n) is 17.0. The molecule has 0 atom stereocenters. The Balaban J connectivity index is 1.60. The number of morpholine rings is 1. The Morgan fingerprint density at radius 2 is 1.74 bits per heavy atom. The fourth-order valence-electron chi connectivity index (χ4n) is 3.41. The van der Waals surface area contributed by atoms with E-state index in [4.69, 9.17) is 9.47 Å². The van der Waals surface area contributed by atoms with Crippen LogP contribution < -0.4 is 20.0 Å². The van der Waals surface area contributed by atoms with Crippen LogP contribution in [0.15, 0.2) is 20.1 Å². The summed E-state index contributed by atoms with van der Waals surface area (Å²) < 4.78 is 12.0. The van der Waals surface area contributed by atoms with Crippen LogP contribution >= 0.6 is 31.9 Å². The Labute approximate surface area is 196 Å². The van der Waals surface area contributed by atoms with Crippen molar-refractivity contribution in [3.63, 3.8) is 0 Å². The lowest BCUT2D eigenvalue weighted by Crippen LogP contribution is -2.38. The van der Waals surface area contributed by atoms with E-state index in [9.17, 15) is 5.11 Å². The molecule has 2 fully saturated rings. The van der Waals surface area contributed by atoms with Crippen molar-refractivity contribution in [3.8, 4) is 11.5 Å². The van der Waals surface area contributed by atoms with Gasteiger partial charge in [0.15, 0.2) is 11.5 Å². The molecule has 0 aliphatic carbocycles. The number of halogens is 2. The third kappa shape index (κ3) is 5.01. The van der Waals surface area contributed by atoms with E-state index < -0.39 is 0 Å². The van der Waals surface area contributed by atoms with Crippen molar-refractivity contribution < 1.29 is 14.6 Å². The Hall–Kier alpha value is -2.18. The highest BCUT2D eigenvalue weighted by molar-refractivity contribution is 9.13. The minimum atomic E-state index is -0.0227. The number of benzene rings is 1. The molecule has 2 aromatic rings. The molecule has 0 amide bonds. The molecule has 12 heteroatoms. The molecule has 2 aliphatic heterocycles. The van der Waals surface area contributed by atoms with Crippen molar-refractivity contribution in [3.05, 3.63) is 20.6 Å². The van der Waals surface area contributed by atoms with Crippen LogP contribution in [0.2, 0.25) is 0 Å². The number of nitrogens with zero attached hydrogens (tertiary/aromatic N) is 6. The van der Waals surface area contributed by atoms with Gasteiger partial charge in [-0.1, -0.05) is 0 Å². The zero-order valence-corrected chi connectivity index (χ0v) is 20.2. The Morgan fingerprint density at radius 1 is 1.10 bits per heavy atom. The quantitative estimate of drug-likeness (QED) is 0.410. The lowest BCUT2D eigenvalue weighted by molar-refractivity contribution is 0.122. The number of hydrogen-bond acceptors (Lipinski definition) is 10. The summed E-state index contributed by atoms with van der Waals surface area (Å²) in [5.41, 5.74) is 3.34. The standard InChI is InChI=1S/C19H23Br2N7O3/c1-30-14-10-13(20)15(21)12(16(14)29)11-22-26-17-23-18(27-4-2-3-5-27)25-19(24-17)28-6-8-31-9-7-28/h10-11,29H,2-9H2,1H3,(H,23,24,25,26)/b22-11+. The second kappa shape index (κ2) is 9.96. The van der Waals surface area contributed by atoms with Gasteiger partial charge >= 0.3 is 0 Å². The summed E-state index contributed by atoms with van der Waals surface area (Å²) in [6.07, 6.45) is 3.73. The van der Waals surface area contributed by atoms with E-state index in [1.807, 2.05) is 0 Å². The van der Waals surface area contributed by atoms with Gasteiger partial charge in [-0.15, -0.1) is 0 Å². The lowest BCUT2D eigenvalue weighted by Gasteiger charge is -2.27. The molecule has 2 saturated heterocycles. The van der Waals surface area contributed by atoms with Crippen molar-refractivity contribution in [2.24, 2.45) is 5.10 Å². The highest BCUT2D eigenvalue weighted by Crippen LogP contribution is 2.39. The predicted octanol–water partition coefficient (Wildman–Crippen LogP) is 2.99. The number of hydrogen-bond donors (Lipinski definition) is 2. The van der Waals surface area contributed by atoms with Crippen LogP contribution in [-0.2, 0) is 4.74 Å². The molecule has 0 unspecified atom stereocenters. The summed E-state index contributed by atoms with van der Waals surface area (Å²) in [4.78, 5) is 18.0. The van der Waals surface area contributed by atoms with Crippen molar-refractivity contribution in [2.75, 3.05) is 61.7 Å². The number of aromatic hydroxyl groups is 1. The first-order valence-corrected chi connectivity index (χ1v) is 11.5. The number of aromatic nitrogens is 3. The van der Waals surface area contributed by atoms with Gasteiger partial charge in [-0.2, -0.15) is 20.1 Å². The van der Waals surface area contributed by atoms with Gasteiger partial charge in [-0.3, -0.25) is 0 Å².